The first-order valence-electron chi connectivity index (χ1n) is 12.1. The highest BCUT2D eigenvalue weighted by Crippen LogP contribution is 2.26. The summed E-state index contributed by atoms with van der Waals surface area (Å²) >= 11 is 5.98. The third-order valence-corrected chi connectivity index (χ3v) is 7.34. The van der Waals surface area contributed by atoms with E-state index >= 15 is 0 Å². The normalized spacial score (nSPS) is 18.6. The zero-order valence-electron chi connectivity index (χ0n) is 19.1. The van der Waals surface area contributed by atoms with Crippen molar-refractivity contribution in [2.24, 2.45) is 0 Å². The van der Waals surface area contributed by atoms with Crippen LogP contribution in [0.25, 0.3) is 10.9 Å². The predicted molar refractivity (Wildman–Crippen MR) is 133 cm³/mol. The molecule has 3 heterocycles. The Kier molecular flexibility index (Phi) is 7.00. The number of aromatic nitrogens is 1. The molecule has 6 heteroatoms. The number of fused-ring (bicyclic) bond motifs is 1. The van der Waals surface area contributed by atoms with E-state index in [1.165, 1.54) is 32.4 Å². The number of nitrogens with one attached hydrogen (secondary N) is 1. The topological polar surface area (TPSA) is 48.6 Å². The number of halogens is 1. The van der Waals surface area contributed by atoms with E-state index in [4.69, 9.17) is 16.3 Å². The van der Waals surface area contributed by atoms with Gasteiger partial charge in [-0.1, -0.05) is 36.2 Å². The lowest BCUT2D eigenvalue weighted by Gasteiger charge is -2.40. The number of Topliss-reactive ketones (excluding diaryl/α,β-unsaturated/α-hetero) is 1. The molecule has 33 heavy (non-hydrogen) atoms. The number of likely N-dealkylation sites (tertiary alicyclic amines) is 2. The molecule has 2 aliphatic heterocycles. The summed E-state index contributed by atoms with van der Waals surface area (Å²) in [4.78, 5) is 21.9. The zero-order chi connectivity index (χ0) is 22.6. The molecule has 0 atom stereocenters. The van der Waals surface area contributed by atoms with Crippen molar-refractivity contribution < 1.29 is 9.53 Å². The number of ether oxygens (including phenoxy) is 1. The summed E-state index contributed by atoms with van der Waals surface area (Å²) in [6.45, 7) is 5.25. The number of hydrogen-bond acceptors (Lipinski definition) is 4. The van der Waals surface area contributed by atoms with Crippen molar-refractivity contribution in [1.29, 1.82) is 0 Å². The predicted octanol–water partition coefficient (Wildman–Crippen LogP) is 5.53. The summed E-state index contributed by atoms with van der Waals surface area (Å²) in [6, 6.07) is 16.0. The number of carbonyl (C=O) groups excluding carboxylic acids is 1. The third-order valence-electron chi connectivity index (χ3n) is 7.09. The average Bonchev–Trinajstić information content (AvgIpc) is 3.23. The van der Waals surface area contributed by atoms with Crippen molar-refractivity contribution in [3.8, 4) is 5.75 Å². The Morgan fingerprint density at radius 3 is 2.45 bits per heavy atom. The molecule has 2 aliphatic rings. The minimum absolute atomic E-state index is 0.165. The number of hydrogen-bond donors (Lipinski definition) is 1. The molecule has 0 aliphatic carbocycles. The second kappa shape index (κ2) is 10.3. The molecule has 2 aromatic carbocycles. The fraction of sp³-hybridized carbons (Fsp3) is 0.444. The van der Waals surface area contributed by atoms with Gasteiger partial charge in [0.15, 0.2) is 5.78 Å². The summed E-state index contributed by atoms with van der Waals surface area (Å²) in [5.41, 5.74) is 2.57. The molecule has 3 aromatic rings. The molecule has 0 amide bonds. The van der Waals surface area contributed by atoms with Crippen molar-refractivity contribution in [2.75, 3.05) is 32.7 Å². The maximum atomic E-state index is 13.5. The number of H-pyrrole nitrogens is 1. The highest BCUT2D eigenvalue weighted by Gasteiger charge is 2.28. The molecule has 5 nitrogen and oxygen atoms in total. The second-order valence-corrected chi connectivity index (χ2v) is 9.73. The van der Waals surface area contributed by atoms with Crippen molar-refractivity contribution in [3.63, 3.8) is 0 Å². The van der Waals surface area contributed by atoms with Gasteiger partial charge in [-0.25, -0.2) is 0 Å². The highest BCUT2D eigenvalue weighted by molar-refractivity contribution is 6.30. The molecular formula is C27H32ClN3O2. The third kappa shape index (κ3) is 5.26. The van der Waals surface area contributed by atoms with E-state index in [1.54, 1.807) is 0 Å². The number of nitrogens with zero attached hydrogens (tertiary/aromatic N) is 2. The van der Waals surface area contributed by atoms with Crippen molar-refractivity contribution in [3.05, 3.63) is 64.8 Å². The number of ketones is 1. The number of rotatable bonds is 7. The summed E-state index contributed by atoms with van der Waals surface area (Å²) in [5, 5.41) is 1.65. The van der Waals surface area contributed by atoms with Gasteiger partial charge in [-0.3, -0.25) is 9.69 Å². The Labute approximate surface area is 200 Å². The van der Waals surface area contributed by atoms with Gasteiger partial charge in [-0.2, -0.15) is 0 Å². The lowest BCUT2D eigenvalue weighted by molar-refractivity contribution is 0.0774. The smallest absolute Gasteiger partial charge is 0.179 e. The quantitative estimate of drug-likeness (QED) is 0.466. The molecule has 2 saturated heterocycles. The monoisotopic (exact) mass is 465 g/mol. The van der Waals surface area contributed by atoms with Gasteiger partial charge < -0.3 is 14.6 Å². The van der Waals surface area contributed by atoms with Crippen LogP contribution in [-0.4, -0.2) is 59.3 Å². The number of benzene rings is 2. The lowest BCUT2D eigenvalue weighted by atomic mass is 9.99. The number of aromatic amines is 1. The summed E-state index contributed by atoms with van der Waals surface area (Å²) < 4.78 is 5.98. The van der Waals surface area contributed by atoms with Crippen LogP contribution in [-0.2, 0) is 6.61 Å². The molecular weight excluding hydrogens is 434 g/mol. The molecule has 0 unspecified atom stereocenters. The molecule has 0 saturated carbocycles. The number of carbonyl (C=O) groups is 1. The Morgan fingerprint density at radius 1 is 0.970 bits per heavy atom. The lowest BCUT2D eigenvalue weighted by Crippen LogP contribution is -2.47. The van der Waals surface area contributed by atoms with Crippen LogP contribution < -0.4 is 4.74 Å². The van der Waals surface area contributed by atoms with Gasteiger partial charge in [-0.15, -0.1) is 0 Å². The van der Waals surface area contributed by atoms with E-state index < -0.39 is 0 Å². The second-order valence-electron chi connectivity index (χ2n) is 9.29. The zero-order valence-corrected chi connectivity index (χ0v) is 19.8. The standard InChI is InChI=1S/C27H32ClN3O2/c28-20-8-10-22(11-9-20)33-19-25-27(23-6-2-3-7-24(23)29-25)26(32)18-30-16-12-21(13-17-30)31-14-4-1-5-15-31/h2-3,6-11,21,29H,1,4-5,12-19H2. The van der Waals surface area contributed by atoms with Crippen LogP contribution in [0.1, 0.15) is 48.2 Å². The fourth-order valence-electron chi connectivity index (χ4n) is 5.32. The van der Waals surface area contributed by atoms with E-state index in [1.807, 2.05) is 48.5 Å². The van der Waals surface area contributed by atoms with E-state index in [2.05, 4.69) is 14.8 Å². The minimum atomic E-state index is 0.165. The van der Waals surface area contributed by atoms with Gasteiger partial charge in [0.2, 0.25) is 0 Å². The first-order chi connectivity index (χ1) is 16.2. The van der Waals surface area contributed by atoms with Gasteiger partial charge in [0.25, 0.3) is 0 Å². The van der Waals surface area contributed by atoms with Gasteiger partial charge in [0.05, 0.1) is 17.8 Å². The molecule has 5 rings (SSSR count). The Morgan fingerprint density at radius 2 is 1.70 bits per heavy atom. The number of piperidine rings is 2. The molecule has 2 fully saturated rings. The van der Waals surface area contributed by atoms with Crippen molar-refractivity contribution in [1.82, 2.24) is 14.8 Å². The molecule has 1 aromatic heterocycles. The van der Waals surface area contributed by atoms with Crippen LogP contribution in [0, 0.1) is 0 Å². The largest absolute Gasteiger partial charge is 0.487 e. The molecule has 1 N–H and O–H groups in total. The highest BCUT2D eigenvalue weighted by atomic mass is 35.5. The Balaban J connectivity index is 1.26. The SMILES string of the molecule is O=C(CN1CCC(N2CCCCC2)CC1)c1c(COc2ccc(Cl)cc2)[nH]c2ccccc12. The van der Waals surface area contributed by atoms with E-state index in [0.717, 1.165) is 53.8 Å². The maximum absolute atomic E-state index is 13.5. The van der Waals surface area contributed by atoms with E-state index in [9.17, 15) is 4.79 Å². The summed E-state index contributed by atoms with van der Waals surface area (Å²) in [5.74, 6) is 0.898. The van der Waals surface area contributed by atoms with E-state index in [0.29, 0.717) is 24.2 Å². The average molecular weight is 466 g/mol. The van der Waals surface area contributed by atoms with Gasteiger partial charge in [0, 0.05) is 35.1 Å². The molecule has 0 bridgehead atoms. The maximum Gasteiger partial charge on any atom is 0.179 e. The van der Waals surface area contributed by atoms with Crippen LogP contribution >= 0.6 is 11.6 Å². The Bertz CT molecular complexity index is 1080. The molecule has 174 valence electrons. The van der Waals surface area contributed by atoms with Crippen LogP contribution in [0.4, 0.5) is 0 Å². The first kappa shape index (κ1) is 22.5. The van der Waals surface area contributed by atoms with Crippen molar-refractivity contribution >= 4 is 28.3 Å². The van der Waals surface area contributed by atoms with E-state index in [-0.39, 0.29) is 5.78 Å². The Hall–Kier alpha value is -2.34. The van der Waals surface area contributed by atoms with Crippen LogP contribution in [0.15, 0.2) is 48.5 Å². The van der Waals surface area contributed by atoms with Gasteiger partial charge in [-0.05, 0) is 69.1 Å². The molecule has 0 radical (unpaired) electrons. The summed E-state index contributed by atoms with van der Waals surface area (Å²) in [7, 11) is 0. The fourth-order valence-corrected chi connectivity index (χ4v) is 5.45. The minimum Gasteiger partial charge on any atom is -0.487 e. The number of para-hydroxylation sites is 1. The van der Waals surface area contributed by atoms with Crippen LogP contribution in [0.3, 0.4) is 0 Å². The van der Waals surface area contributed by atoms with Gasteiger partial charge >= 0.3 is 0 Å². The van der Waals surface area contributed by atoms with Crippen LogP contribution in [0.5, 0.6) is 5.75 Å². The molecule has 0 spiro atoms. The van der Waals surface area contributed by atoms with Gasteiger partial charge in [0.1, 0.15) is 12.4 Å². The first-order valence-corrected chi connectivity index (χ1v) is 12.5. The summed E-state index contributed by atoms with van der Waals surface area (Å²) in [6.07, 6.45) is 6.36. The van der Waals surface area contributed by atoms with Crippen LogP contribution in [0.2, 0.25) is 5.02 Å². The van der Waals surface area contributed by atoms with Crippen molar-refractivity contribution in [2.45, 2.75) is 44.8 Å².